The van der Waals surface area contributed by atoms with Crippen molar-refractivity contribution in [3.8, 4) is 5.75 Å². The van der Waals surface area contributed by atoms with Gasteiger partial charge in [-0.15, -0.1) is 10.2 Å². The minimum absolute atomic E-state index is 0.363. The number of rotatable bonds is 4. The fourth-order valence-corrected chi connectivity index (χ4v) is 4.07. The van der Waals surface area contributed by atoms with E-state index in [1.165, 1.54) is 22.5 Å². The molecule has 0 bridgehead atoms. The molecule has 1 aromatic carbocycles. The highest BCUT2D eigenvalue weighted by Gasteiger charge is 2.25. The number of fused-ring (bicyclic) bond motifs is 1. The Hall–Kier alpha value is -1.99. The molecule has 4 rings (SSSR count). The van der Waals surface area contributed by atoms with Crippen LogP contribution in [-0.4, -0.2) is 54.2 Å². The Morgan fingerprint density at radius 3 is 2.83 bits per heavy atom. The van der Waals surface area contributed by atoms with Gasteiger partial charge in [-0.05, 0) is 24.1 Å². The highest BCUT2D eigenvalue weighted by atomic mass is 32.1. The zero-order chi connectivity index (χ0) is 16.5. The molecule has 3 heterocycles. The number of piperazine rings is 1. The standard InChI is InChI=1S/C17H20N4O2S/c1-12(14-3-2-13-4-9-23-15(13)10-14)20-5-7-21(8-6-20)17-19-18-16(11-22)24-17/h2-3,10-12H,4-9H2,1H3. The van der Waals surface area contributed by atoms with Crippen molar-refractivity contribution < 1.29 is 9.53 Å². The van der Waals surface area contributed by atoms with Crippen molar-refractivity contribution in [3.63, 3.8) is 0 Å². The molecule has 2 aliphatic heterocycles. The minimum Gasteiger partial charge on any atom is -0.493 e. The van der Waals surface area contributed by atoms with Crippen molar-refractivity contribution in [2.45, 2.75) is 19.4 Å². The van der Waals surface area contributed by atoms with Crippen LogP contribution in [0.1, 0.15) is 33.9 Å². The van der Waals surface area contributed by atoms with Crippen LogP contribution < -0.4 is 9.64 Å². The number of hydrogen-bond acceptors (Lipinski definition) is 7. The molecule has 1 atom stereocenters. The number of carbonyl (C=O) groups is 1. The lowest BCUT2D eigenvalue weighted by molar-refractivity contribution is 0.112. The summed E-state index contributed by atoms with van der Waals surface area (Å²) in [5, 5.41) is 9.27. The number of ether oxygens (including phenoxy) is 1. The van der Waals surface area contributed by atoms with Gasteiger partial charge < -0.3 is 9.64 Å². The van der Waals surface area contributed by atoms with E-state index in [1.54, 1.807) is 0 Å². The Bertz CT molecular complexity index is 740. The molecule has 2 aliphatic rings. The van der Waals surface area contributed by atoms with Gasteiger partial charge in [0, 0.05) is 38.6 Å². The second kappa shape index (κ2) is 6.49. The number of anilines is 1. The third kappa shape index (κ3) is 2.89. The van der Waals surface area contributed by atoms with Crippen LogP contribution in [0.2, 0.25) is 0 Å². The molecule has 0 aliphatic carbocycles. The highest BCUT2D eigenvalue weighted by molar-refractivity contribution is 7.16. The van der Waals surface area contributed by atoms with Gasteiger partial charge >= 0.3 is 0 Å². The van der Waals surface area contributed by atoms with E-state index in [-0.39, 0.29) is 0 Å². The largest absolute Gasteiger partial charge is 0.493 e. The van der Waals surface area contributed by atoms with Crippen molar-refractivity contribution in [2.75, 3.05) is 37.7 Å². The first-order valence-electron chi connectivity index (χ1n) is 8.28. The van der Waals surface area contributed by atoms with Crippen LogP contribution in [0.3, 0.4) is 0 Å². The molecule has 6 nitrogen and oxygen atoms in total. The van der Waals surface area contributed by atoms with Crippen LogP contribution >= 0.6 is 11.3 Å². The molecular formula is C17H20N4O2S. The van der Waals surface area contributed by atoms with Crippen LogP contribution in [0.5, 0.6) is 5.75 Å². The summed E-state index contributed by atoms with van der Waals surface area (Å²) in [6, 6.07) is 6.99. The maximum absolute atomic E-state index is 10.8. The Labute approximate surface area is 145 Å². The van der Waals surface area contributed by atoms with Gasteiger partial charge in [0.25, 0.3) is 0 Å². The van der Waals surface area contributed by atoms with Crippen molar-refractivity contribution in [1.29, 1.82) is 0 Å². The van der Waals surface area contributed by atoms with Crippen LogP contribution in [0.4, 0.5) is 5.13 Å². The first kappa shape index (κ1) is 15.5. The lowest BCUT2D eigenvalue weighted by atomic mass is 10.0. The molecule has 7 heteroatoms. The van der Waals surface area contributed by atoms with Gasteiger partial charge in [0.2, 0.25) is 5.13 Å². The molecule has 24 heavy (non-hydrogen) atoms. The Balaban J connectivity index is 1.40. The molecule has 0 amide bonds. The van der Waals surface area contributed by atoms with Gasteiger partial charge in [0.15, 0.2) is 11.3 Å². The molecular weight excluding hydrogens is 324 g/mol. The van der Waals surface area contributed by atoms with E-state index in [2.05, 4.69) is 45.1 Å². The summed E-state index contributed by atoms with van der Waals surface area (Å²) in [7, 11) is 0. The van der Waals surface area contributed by atoms with E-state index >= 15 is 0 Å². The number of benzene rings is 1. The van der Waals surface area contributed by atoms with E-state index in [0.717, 1.165) is 56.4 Å². The summed E-state index contributed by atoms with van der Waals surface area (Å²) in [6.45, 7) is 6.79. The molecule has 0 radical (unpaired) electrons. The SMILES string of the molecule is CC(c1ccc2c(c1)OCC2)N1CCN(c2nnc(C=O)s2)CC1. The highest BCUT2D eigenvalue weighted by Crippen LogP contribution is 2.31. The Kier molecular flexibility index (Phi) is 4.20. The van der Waals surface area contributed by atoms with Gasteiger partial charge in [-0.1, -0.05) is 23.5 Å². The average Bonchev–Trinajstić information content (AvgIpc) is 3.29. The quantitative estimate of drug-likeness (QED) is 0.792. The summed E-state index contributed by atoms with van der Waals surface area (Å²) < 4.78 is 5.70. The van der Waals surface area contributed by atoms with Crippen molar-refractivity contribution in [2.24, 2.45) is 0 Å². The third-order valence-corrected chi connectivity index (χ3v) is 5.78. The van der Waals surface area contributed by atoms with E-state index in [1.807, 2.05) is 0 Å². The first-order chi connectivity index (χ1) is 11.7. The summed E-state index contributed by atoms with van der Waals surface area (Å²) in [5.41, 5.74) is 2.63. The smallest absolute Gasteiger partial charge is 0.208 e. The maximum atomic E-state index is 10.8. The van der Waals surface area contributed by atoms with Gasteiger partial charge in [0.05, 0.1) is 6.61 Å². The van der Waals surface area contributed by atoms with E-state index in [4.69, 9.17) is 4.74 Å². The third-order valence-electron chi connectivity index (χ3n) is 4.87. The van der Waals surface area contributed by atoms with Crippen LogP contribution in [0.15, 0.2) is 18.2 Å². The molecule has 126 valence electrons. The number of hydrogen-bond donors (Lipinski definition) is 0. The number of carbonyl (C=O) groups excluding carboxylic acids is 1. The average molecular weight is 344 g/mol. The first-order valence-corrected chi connectivity index (χ1v) is 9.09. The molecule has 1 unspecified atom stereocenters. The van der Waals surface area contributed by atoms with E-state index < -0.39 is 0 Å². The molecule has 1 fully saturated rings. The van der Waals surface area contributed by atoms with Crippen LogP contribution in [-0.2, 0) is 6.42 Å². The van der Waals surface area contributed by atoms with Crippen molar-refractivity contribution >= 4 is 22.8 Å². The fraction of sp³-hybridized carbons (Fsp3) is 0.471. The molecule has 1 aromatic heterocycles. The zero-order valence-electron chi connectivity index (χ0n) is 13.6. The minimum atomic E-state index is 0.363. The van der Waals surface area contributed by atoms with Gasteiger partial charge in [-0.25, -0.2) is 0 Å². The van der Waals surface area contributed by atoms with Gasteiger partial charge in [0.1, 0.15) is 5.75 Å². The normalized spacial score (nSPS) is 19.0. The number of nitrogens with zero attached hydrogens (tertiary/aromatic N) is 4. The number of aromatic nitrogens is 2. The Morgan fingerprint density at radius 2 is 2.08 bits per heavy atom. The molecule has 0 N–H and O–H groups in total. The molecule has 0 spiro atoms. The summed E-state index contributed by atoms with van der Waals surface area (Å²) in [6.07, 6.45) is 1.78. The molecule has 1 saturated heterocycles. The fourth-order valence-electron chi connectivity index (χ4n) is 3.36. The summed E-state index contributed by atoms with van der Waals surface area (Å²) >= 11 is 1.36. The zero-order valence-corrected chi connectivity index (χ0v) is 14.5. The second-order valence-electron chi connectivity index (χ2n) is 6.21. The topological polar surface area (TPSA) is 58.6 Å². The van der Waals surface area contributed by atoms with Crippen LogP contribution in [0.25, 0.3) is 0 Å². The van der Waals surface area contributed by atoms with E-state index in [9.17, 15) is 4.79 Å². The van der Waals surface area contributed by atoms with Gasteiger partial charge in [-0.3, -0.25) is 9.69 Å². The lowest BCUT2D eigenvalue weighted by Gasteiger charge is -2.38. The van der Waals surface area contributed by atoms with Crippen molar-refractivity contribution in [3.05, 3.63) is 34.3 Å². The Morgan fingerprint density at radius 1 is 1.25 bits per heavy atom. The molecule has 0 saturated carbocycles. The van der Waals surface area contributed by atoms with Crippen molar-refractivity contribution in [1.82, 2.24) is 15.1 Å². The summed E-state index contributed by atoms with van der Waals surface area (Å²) in [5.74, 6) is 1.05. The predicted molar refractivity (Wildman–Crippen MR) is 93.1 cm³/mol. The van der Waals surface area contributed by atoms with Gasteiger partial charge in [-0.2, -0.15) is 0 Å². The predicted octanol–water partition coefficient (Wildman–Crippen LogP) is 2.17. The second-order valence-corrected chi connectivity index (χ2v) is 7.19. The monoisotopic (exact) mass is 344 g/mol. The van der Waals surface area contributed by atoms with E-state index in [0.29, 0.717) is 11.0 Å². The molecule has 2 aromatic rings. The lowest BCUT2D eigenvalue weighted by Crippen LogP contribution is -2.47. The summed E-state index contributed by atoms with van der Waals surface area (Å²) in [4.78, 5) is 15.4. The maximum Gasteiger partial charge on any atom is 0.208 e. The van der Waals surface area contributed by atoms with Crippen LogP contribution in [0, 0.1) is 0 Å². The number of aldehydes is 1.